The van der Waals surface area contributed by atoms with E-state index >= 15 is 0 Å². The monoisotopic (exact) mass is 711 g/mol. The van der Waals surface area contributed by atoms with Gasteiger partial charge in [-0.25, -0.2) is 0 Å². The third kappa shape index (κ3) is 9.59. The van der Waals surface area contributed by atoms with Crippen molar-refractivity contribution in [3.8, 4) is 0 Å². The van der Waals surface area contributed by atoms with Crippen molar-refractivity contribution >= 4 is 18.0 Å². The van der Waals surface area contributed by atoms with E-state index in [4.69, 9.17) is 28.4 Å². The van der Waals surface area contributed by atoms with Crippen LogP contribution in [0.15, 0.2) is 12.2 Å². The minimum atomic E-state index is -1.23. The van der Waals surface area contributed by atoms with Gasteiger partial charge in [0.1, 0.15) is 30.2 Å². The molecule has 13 heteroatoms. The number of hydrogen-bond donors (Lipinski definition) is 3. The molecule has 0 bridgehead atoms. The molecule has 0 radical (unpaired) electrons. The second-order valence-electron chi connectivity index (χ2n) is 15.5. The number of fused-ring (bicyclic) bond motifs is 1. The van der Waals surface area contributed by atoms with Crippen LogP contribution >= 0.6 is 0 Å². The van der Waals surface area contributed by atoms with E-state index in [1.807, 2.05) is 46.7 Å². The predicted octanol–water partition coefficient (Wildman–Crippen LogP) is 2.55. The summed E-state index contributed by atoms with van der Waals surface area (Å²) >= 11 is 0. The lowest BCUT2D eigenvalue weighted by Gasteiger charge is -2.49. The number of aliphatic hydroxyl groups is 3. The molecule has 3 N–H and O–H groups in total. The maximum atomic E-state index is 13.4. The number of aldehydes is 1. The highest BCUT2D eigenvalue weighted by Crippen LogP contribution is 2.45. The first-order valence-corrected chi connectivity index (χ1v) is 18.4. The number of epoxide rings is 1. The Labute approximate surface area is 296 Å². The molecule has 4 aliphatic rings. The summed E-state index contributed by atoms with van der Waals surface area (Å²) in [6, 6.07) is -0.603. The fourth-order valence-electron chi connectivity index (χ4n) is 7.96. The highest BCUT2D eigenvalue weighted by Gasteiger charge is 2.55. The van der Waals surface area contributed by atoms with Gasteiger partial charge in [0, 0.05) is 30.6 Å². The van der Waals surface area contributed by atoms with Crippen LogP contribution < -0.4 is 0 Å². The van der Waals surface area contributed by atoms with Crippen molar-refractivity contribution in [1.29, 1.82) is 0 Å². The number of ketones is 1. The summed E-state index contributed by atoms with van der Waals surface area (Å²) in [5.74, 6) is -2.66. The summed E-state index contributed by atoms with van der Waals surface area (Å²) in [6.45, 7) is 12.9. The molecular formula is C37H61NO12. The number of allylic oxidation sites excluding steroid dienone is 1. The van der Waals surface area contributed by atoms with Gasteiger partial charge in [0.05, 0.1) is 49.1 Å². The zero-order valence-corrected chi connectivity index (χ0v) is 31.2. The third-order valence-corrected chi connectivity index (χ3v) is 11.3. The van der Waals surface area contributed by atoms with Crippen LogP contribution in [0.2, 0.25) is 0 Å². The summed E-state index contributed by atoms with van der Waals surface area (Å²) in [5.41, 5.74) is -0.675. The van der Waals surface area contributed by atoms with Gasteiger partial charge < -0.3 is 53.4 Å². The molecule has 17 atom stereocenters. The van der Waals surface area contributed by atoms with Crippen molar-refractivity contribution in [1.82, 2.24) is 4.90 Å². The first-order chi connectivity index (χ1) is 23.5. The van der Waals surface area contributed by atoms with Crippen molar-refractivity contribution in [2.45, 2.75) is 166 Å². The topological polar surface area (TPSA) is 174 Å². The summed E-state index contributed by atoms with van der Waals surface area (Å²) in [4.78, 5) is 40.5. The van der Waals surface area contributed by atoms with Gasteiger partial charge in [-0.05, 0) is 72.2 Å². The van der Waals surface area contributed by atoms with Gasteiger partial charge in [0.15, 0.2) is 18.4 Å². The maximum absolute atomic E-state index is 13.4. The van der Waals surface area contributed by atoms with Gasteiger partial charge >= 0.3 is 5.97 Å². The molecule has 0 aliphatic carbocycles. The molecule has 0 aromatic heterocycles. The van der Waals surface area contributed by atoms with Gasteiger partial charge in [0.2, 0.25) is 0 Å². The number of cyclic esters (lactones) is 1. The lowest BCUT2D eigenvalue weighted by Crippen LogP contribution is -2.64. The van der Waals surface area contributed by atoms with Gasteiger partial charge in [0.25, 0.3) is 0 Å². The normalized spacial score (nSPS) is 47.3. The van der Waals surface area contributed by atoms with Gasteiger partial charge in [-0.1, -0.05) is 27.7 Å². The van der Waals surface area contributed by atoms with Crippen LogP contribution in [0, 0.1) is 23.7 Å². The lowest BCUT2D eigenvalue weighted by molar-refractivity contribution is -0.332. The summed E-state index contributed by atoms with van der Waals surface area (Å²) in [7, 11) is 3.63. The van der Waals surface area contributed by atoms with Crippen molar-refractivity contribution in [3.05, 3.63) is 12.2 Å². The third-order valence-electron chi connectivity index (χ3n) is 11.3. The number of esters is 1. The molecule has 4 aliphatic heterocycles. The van der Waals surface area contributed by atoms with E-state index in [-0.39, 0.29) is 37.1 Å². The Morgan fingerprint density at radius 3 is 2.28 bits per heavy atom. The van der Waals surface area contributed by atoms with Gasteiger partial charge in [-0.3, -0.25) is 9.59 Å². The van der Waals surface area contributed by atoms with E-state index in [9.17, 15) is 29.7 Å². The largest absolute Gasteiger partial charge is 0.462 e. The van der Waals surface area contributed by atoms with Crippen molar-refractivity contribution in [2.24, 2.45) is 23.7 Å². The number of nitrogens with zero attached hydrogens (tertiary/aromatic N) is 1. The molecule has 0 unspecified atom stereocenters. The molecule has 3 saturated heterocycles. The Kier molecular flexibility index (Phi) is 14.2. The first kappa shape index (κ1) is 41.0. The van der Waals surface area contributed by atoms with Gasteiger partial charge in [-0.15, -0.1) is 0 Å². The molecule has 50 heavy (non-hydrogen) atoms. The van der Waals surface area contributed by atoms with Crippen LogP contribution in [0.3, 0.4) is 0 Å². The zero-order chi connectivity index (χ0) is 37.1. The fourth-order valence-corrected chi connectivity index (χ4v) is 7.96. The van der Waals surface area contributed by atoms with Crippen LogP contribution in [0.25, 0.3) is 0 Å². The Morgan fingerprint density at radius 1 is 0.960 bits per heavy atom. The Balaban J connectivity index is 1.61. The highest BCUT2D eigenvalue weighted by molar-refractivity contribution is 5.91. The molecular weight excluding hydrogens is 650 g/mol. The quantitative estimate of drug-likeness (QED) is 0.191. The fraction of sp³-hybridized carbons (Fsp3) is 0.865. The van der Waals surface area contributed by atoms with Crippen LogP contribution in [0.1, 0.15) is 87.0 Å². The number of carbonyl (C=O) groups is 3. The minimum absolute atomic E-state index is 0.0100. The number of rotatable bonds is 8. The summed E-state index contributed by atoms with van der Waals surface area (Å²) < 4.78 is 37.0. The van der Waals surface area contributed by atoms with E-state index in [0.29, 0.717) is 19.3 Å². The van der Waals surface area contributed by atoms with E-state index in [0.717, 1.165) is 6.29 Å². The smallest absolute Gasteiger partial charge is 0.308 e. The van der Waals surface area contributed by atoms with Crippen LogP contribution in [-0.2, 0) is 42.8 Å². The molecule has 0 aromatic carbocycles. The van der Waals surface area contributed by atoms with E-state index in [2.05, 4.69) is 0 Å². The van der Waals surface area contributed by atoms with Crippen molar-refractivity contribution in [3.63, 3.8) is 0 Å². The van der Waals surface area contributed by atoms with E-state index in [1.165, 1.54) is 6.08 Å². The Hall–Kier alpha value is -1.81. The van der Waals surface area contributed by atoms with Crippen molar-refractivity contribution in [2.75, 3.05) is 14.1 Å². The zero-order valence-electron chi connectivity index (χ0n) is 31.2. The van der Waals surface area contributed by atoms with Crippen LogP contribution in [0.4, 0.5) is 0 Å². The molecule has 4 heterocycles. The molecule has 0 amide bonds. The van der Waals surface area contributed by atoms with Crippen LogP contribution in [-0.4, -0.2) is 132 Å². The molecule has 13 nitrogen and oxygen atoms in total. The SMILES string of the molecule is CC[C@H]1OC(=O)C[C@@H](O)[C@H](C)[C@H](O[C@@H]2O[C@H](C)[C@H](O[C@H]3CC[C@@H](O)[C@@H](C)O3)[C@H](N(C)C)[C@H]2O)[C@H](CC=O)C[C@H](C)C(=O)/C=C\[C@@]2(C)O[C@@H]2[C@@H]1C. The number of carbonyl (C=O) groups excluding carboxylic acids is 3. The first-order valence-electron chi connectivity index (χ1n) is 18.4. The molecule has 4 rings (SSSR count). The average molecular weight is 712 g/mol. The Bertz CT molecular complexity index is 1180. The number of aliphatic hydroxyl groups excluding tert-OH is 3. The summed E-state index contributed by atoms with van der Waals surface area (Å²) in [6.07, 6.45) is -2.51. The highest BCUT2D eigenvalue weighted by atomic mass is 16.7. The summed E-state index contributed by atoms with van der Waals surface area (Å²) in [5, 5.41) is 33.4. The van der Waals surface area contributed by atoms with Crippen LogP contribution in [0.5, 0.6) is 0 Å². The maximum Gasteiger partial charge on any atom is 0.308 e. The minimum Gasteiger partial charge on any atom is -0.462 e. The number of ether oxygens (including phenoxy) is 6. The predicted molar refractivity (Wildman–Crippen MR) is 182 cm³/mol. The van der Waals surface area contributed by atoms with E-state index < -0.39 is 96.8 Å². The van der Waals surface area contributed by atoms with E-state index in [1.54, 1.807) is 26.8 Å². The second kappa shape index (κ2) is 17.3. The Morgan fingerprint density at radius 2 is 1.66 bits per heavy atom. The lowest BCUT2D eigenvalue weighted by atomic mass is 9.79. The standard InChI is InChI=1S/C37H61NO12/c1-10-28-21(4)35-37(7,50-35)15-13-25(40)19(2)17-24(14-16-39)33(20(3)27(42)18-29(43)47-28)49-36-32(44)31(38(8)9)34(23(6)46-36)48-30-12-11-26(41)22(5)45-30/h13,15-16,19-24,26-28,30-36,41-42,44H,10-12,14,17-18H2,1-9H3/b15-13-/t19-,20-,21+,22+,23+,24+,26+,27+,28+,30-,31+,32+,33-,34-,35+,36-,37+/m0/s1. The number of likely N-dealkylation sites (N-methyl/N-ethyl adjacent to an activating group) is 1. The molecule has 0 spiro atoms. The number of hydrogen-bond acceptors (Lipinski definition) is 13. The molecule has 0 saturated carbocycles. The average Bonchev–Trinajstić information content (AvgIpc) is 3.74. The van der Waals surface area contributed by atoms with Gasteiger partial charge in [-0.2, -0.15) is 0 Å². The van der Waals surface area contributed by atoms with Crippen molar-refractivity contribution < 1.29 is 58.1 Å². The second-order valence-corrected chi connectivity index (χ2v) is 15.5. The molecule has 0 aromatic rings. The molecule has 286 valence electrons. The molecule has 3 fully saturated rings.